The van der Waals surface area contributed by atoms with Crippen LogP contribution in [-0.2, 0) is 17.3 Å². The molecule has 1 aliphatic heterocycles. The van der Waals surface area contributed by atoms with Crippen molar-refractivity contribution in [2.45, 2.75) is 72.6 Å². The normalized spacial score (nSPS) is 17.8. The van der Waals surface area contributed by atoms with Crippen molar-refractivity contribution in [1.29, 1.82) is 0 Å². The molecule has 0 radical (unpaired) electrons. The van der Waals surface area contributed by atoms with Crippen molar-refractivity contribution in [2.24, 2.45) is 5.41 Å². The summed E-state index contributed by atoms with van der Waals surface area (Å²) in [6.07, 6.45) is 1.06. The lowest BCUT2D eigenvalue weighted by atomic mass is 9.77. The molecule has 0 unspecified atom stereocenters. The van der Waals surface area contributed by atoms with Gasteiger partial charge in [-0.3, -0.25) is 0 Å². The van der Waals surface area contributed by atoms with E-state index < -0.39 is 0 Å². The van der Waals surface area contributed by atoms with Crippen molar-refractivity contribution in [2.75, 3.05) is 6.61 Å². The molecule has 20 heavy (non-hydrogen) atoms. The highest BCUT2D eigenvalue weighted by Crippen LogP contribution is 2.44. The summed E-state index contributed by atoms with van der Waals surface area (Å²) < 4.78 is 6.06. The van der Waals surface area contributed by atoms with Crippen molar-refractivity contribution in [3.8, 4) is 5.75 Å². The van der Waals surface area contributed by atoms with Gasteiger partial charge in [-0.2, -0.15) is 0 Å². The van der Waals surface area contributed by atoms with Crippen molar-refractivity contribution in [3.05, 3.63) is 28.8 Å². The number of ether oxygens (including phenoxy) is 1. The van der Waals surface area contributed by atoms with E-state index in [1.165, 1.54) is 16.7 Å². The molecule has 0 aliphatic carbocycles. The van der Waals surface area contributed by atoms with Crippen molar-refractivity contribution in [3.63, 3.8) is 0 Å². The summed E-state index contributed by atoms with van der Waals surface area (Å²) in [4.78, 5) is 0. The Bertz CT molecular complexity index is 510. The average Bonchev–Trinajstić information content (AvgIpc) is 2.51. The van der Waals surface area contributed by atoms with Crippen LogP contribution in [0.1, 0.15) is 72.1 Å². The topological polar surface area (TPSA) is 9.23 Å². The van der Waals surface area contributed by atoms with Gasteiger partial charge in [0.05, 0.1) is 6.61 Å². The van der Waals surface area contributed by atoms with Gasteiger partial charge in [-0.1, -0.05) is 67.5 Å². The predicted octanol–water partition coefficient (Wildman–Crippen LogP) is 5.24. The van der Waals surface area contributed by atoms with Crippen LogP contribution in [0.4, 0.5) is 0 Å². The number of hydrogen-bond acceptors (Lipinski definition) is 1. The summed E-state index contributed by atoms with van der Waals surface area (Å²) in [6, 6.07) is 4.74. The smallest absolute Gasteiger partial charge is 0.126 e. The second-order valence-electron chi connectivity index (χ2n) is 9.17. The van der Waals surface area contributed by atoms with E-state index in [1.54, 1.807) is 0 Å². The summed E-state index contributed by atoms with van der Waals surface area (Å²) in [6.45, 7) is 19.1. The van der Waals surface area contributed by atoms with Gasteiger partial charge in [-0.15, -0.1) is 0 Å². The largest absolute Gasteiger partial charge is 0.492 e. The van der Waals surface area contributed by atoms with Crippen LogP contribution in [-0.4, -0.2) is 6.61 Å². The minimum Gasteiger partial charge on any atom is -0.492 e. The standard InChI is InChI=1S/C19H30O/c1-17(2,3)11-13-9-14(18(4,5)6)10-15-16(13)20-12-19(15,7)8/h9-10H,11-12H2,1-8H3. The quantitative estimate of drug-likeness (QED) is 0.680. The van der Waals surface area contributed by atoms with Crippen LogP contribution in [0.2, 0.25) is 0 Å². The van der Waals surface area contributed by atoms with Crippen molar-refractivity contribution >= 4 is 0 Å². The zero-order valence-corrected chi connectivity index (χ0v) is 14.5. The van der Waals surface area contributed by atoms with Crippen LogP contribution < -0.4 is 4.74 Å². The number of benzene rings is 1. The van der Waals surface area contributed by atoms with E-state index >= 15 is 0 Å². The summed E-state index contributed by atoms with van der Waals surface area (Å²) in [5.74, 6) is 1.15. The fourth-order valence-electron chi connectivity index (χ4n) is 2.83. The highest BCUT2D eigenvalue weighted by Gasteiger charge is 2.35. The molecule has 0 bridgehead atoms. The second-order valence-corrected chi connectivity index (χ2v) is 9.17. The van der Waals surface area contributed by atoms with E-state index in [-0.39, 0.29) is 16.2 Å². The Morgan fingerprint density at radius 1 is 1.05 bits per heavy atom. The molecule has 0 saturated heterocycles. The Kier molecular flexibility index (Phi) is 3.48. The Labute approximate surface area is 124 Å². The first kappa shape index (κ1) is 15.4. The lowest BCUT2D eigenvalue weighted by Crippen LogP contribution is -2.20. The van der Waals surface area contributed by atoms with Gasteiger partial charge >= 0.3 is 0 Å². The molecule has 1 aromatic rings. The third-order valence-corrected chi connectivity index (χ3v) is 4.06. The predicted molar refractivity (Wildman–Crippen MR) is 86.8 cm³/mol. The van der Waals surface area contributed by atoms with E-state index in [9.17, 15) is 0 Å². The monoisotopic (exact) mass is 274 g/mol. The molecule has 0 amide bonds. The van der Waals surface area contributed by atoms with Gasteiger partial charge in [0.15, 0.2) is 0 Å². The van der Waals surface area contributed by atoms with Crippen LogP contribution in [0.5, 0.6) is 5.75 Å². The minimum atomic E-state index is 0.128. The highest BCUT2D eigenvalue weighted by molar-refractivity contribution is 5.52. The molecule has 1 nitrogen and oxygen atoms in total. The fraction of sp³-hybridized carbons (Fsp3) is 0.684. The first-order valence-electron chi connectivity index (χ1n) is 7.71. The fourth-order valence-corrected chi connectivity index (χ4v) is 2.83. The second kappa shape index (κ2) is 4.51. The first-order valence-corrected chi connectivity index (χ1v) is 7.71. The Morgan fingerprint density at radius 2 is 1.65 bits per heavy atom. The molecule has 112 valence electrons. The Hall–Kier alpha value is -0.980. The molecule has 0 aromatic heterocycles. The van der Waals surface area contributed by atoms with Crippen LogP contribution >= 0.6 is 0 Å². The molecular weight excluding hydrogens is 244 g/mol. The summed E-state index contributed by atoms with van der Waals surface area (Å²) in [7, 11) is 0. The third-order valence-electron chi connectivity index (χ3n) is 4.06. The minimum absolute atomic E-state index is 0.128. The maximum atomic E-state index is 6.06. The summed E-state index contributed by atoms with van der Waals surface area (Å²) >= 11 is 0. The summed E-state index contributed by atoms with van der Waals surface area (Å²) in [5, 5.41) is 0. The van der Waals surface area contributed by atoms with Gasteiger partial charge in [0, 0.05) is 11.0 Å². The molecule has 0 N–H and O–H groups in total. The Balaban J connectivity index is 2.60. The molecule has 0 spiro atoms. The SMILES string of the molecule is CC(C)(C)Cc1cc(C(C)(C)C)cc2c1OCC2(C)C. The van der Waals surface area contributed by atoms with Gasteiger partial charge in [0.2, 0.25) is 0 Å². The Morgan fingerprint density at radius 3 is 2.15 bits per heavy atom. The van der Waals surface area contributed by atoms with Gasteiger partial charge < -0.3 is 4.74 Å². The number of hydrogen-bond donors (Lipinski definition) is 0. The number of fused-ring (bicyclic) bond motifs is 1. The summed E-state index contributed by atoms with van der Waals surface area (Å²) in [5.41, 5.74) is 4.79. The molecule has 0 atom stereocenters. The van der Waals surface area contributed by atoms with Crippen LogP contribution in [0.15, 0.2) is 12.1 Å². The van der Waals surface area contributed by atoms with E-state index in [2.05, 4.69) is 67.5 Å². The van der Waals surface area contributed by atoms with Gasteiger partial charge in [-0.05, 0) is 28.4 Å². The van der Waals surface area contributed by atoms with E-state index in [0.29, 0.717) is 0 Å². The average molecular weight is 274 g/mol. The lowest BCUT2D eigenvalue weighted by Gasteiger charge is -2.26. The van der Waals surface area contributed by atoms with E-state index in [4.69, 9.17) is 4.74 Å². The van der Waals surface area contributed by atoms with Gasteiger partial charge in [0.1, 0.15) is 5.75 Å². The maximum absolute atomic E-state index is 6.06. The highest BCUT2D eigenvalue weighted by atomic mass is 16.5. The zero-order chi connectivity index (χ0) is 15.3. The van der Waals surface area contributed by atoms with Crippen LogP contribution in [0.25, 0.3) is 0 Å². The van der Waals surface area contributed by atoms with Crippen LogP contribution in [0, 0.1) is 5.41 Å². The molecule has 1 heteroatoms. The first-order chi connectivity index (χ1) is 8.90. The van der Waals surface area contributed by atoms with Crippen molar-refractivity contribution in [1.82, 2.24) is 0 Å². The molecule has 0 fully saturated rings. The zero-order valence-electron chi connectivity index (χ0n) is 14.5. The molecule has 1 heterocycles. The third kappa shape index (κ3) is 3.02. The maximum Gasteiger partial charge on any atom is 0.126 e. The van der Waals surface area contributed by atoms with Crippen molar-refractivity contribution < 1.29 is 4.74 Å². The molecular formula is C19H30O. The molecule has 0 saturated carbocycles. The number of rotatable bonds is 1. The van der Waals surface area contributed by atoms with Gasteiger partial charge in [0.25, 0.3) is 0 Å². The van der Waals surface area contributed by atoms with Crippen LogP contribution in [0.3, 0.4) is 0 Å². The van der Waals surface area contributed by atoms with Gasteiger partial charge in [-0.25, -0.2) is 0 Å². The molecule has 1 aliphatic rings. The van der Waals surface area contributed by atoms with E-state index in [0.717, 1.165) is 18.8 Å². The molecule has 2 rings (SSSR count). The lowest BCUT2D eigenvalue weighted by molar-refractivity contribution is 0.286. The van der Waals surface area contributed by atoms with E-state index in [1.807, 2.05) is 0 Å². The molecule has 1 aromatic carbocycles.